The lowest BCUT2D eigenvalue weighted by molar-refractivity contribution is 0.641. The second kappa shape index (κ2) is 10.9. The molecule has 0 aliphatic rings. The highest BCUT2D eigenvalue weighted by Crippen LogP contribution is 2.24. The van der Waals surface area contributed by atoms with Gasteiger partial charge in [0.25, 0.3) is 0 Å². The maximum absolute atomic E-state index is 3.90. The van der Waals surface area contributed by atoms with Gasteiger partial charge in [-0.1, -0.05) is 86.5 Å². The molecule has 0 atom stereocenters. The number of unbranched alkanes of at least 4 members (excludes halogenated alkanes) is 3. The Bertz CT molecular complexity index is 807. The fourth-order valence-electron chi connectivity index (χ4n) is 3.79. The zero-order valence-electron chi connectivity index (χ0n) is 16.4. The fraction of sp³-hybridized carbons (Fsp3) is 0.346. The molecule has 0 aliphatic heterocycles. The largest absolute Gasteiger partial charge is 0.313 e. The molecule has 1 radical (unpaired) electrons. The van der Waals surface area contributed by atoms with E-state index in [1.54, 1.807) is 0 Å². The average molecular weight is 359 g/mol. The fourth-order valence-corrected chi connectivity index (χ4v) is 3.79. The topological polar surface area (TPSA) is 12.0 Å². The lowest BCUT2D eigenvalue weighted by atomic mass is 9.95. The van der Waals surface area contributed by atoms with E-state index in [0.29, 0.717) is 0 Å². The highest BCUT2D eigenvalue weighted by molar-refractivity contribution is 5.88. The summed E-state index contributed by atoms with van der Waals surface area (Å²) >= 11 is 0. The number of hydrogen-bond acceptors (Lipinski definition) is 1. The first-order valence-corrected chi connectivity index (χ1v) is 10.4. The van der Waals surface area contributed by atoms with Crippen molar-refractivity contribution in [1.82, 2.24) is 5.32 Å². The maximum Gasteiger partial charge on any atom is 0.0211 e. The predicted molar refractivity (Wildman–Crippen MR) is 118 cm³/mol. The van der Waals surface area contributed by atoms with Crippen molar-refractivity contribution >= 4 is 10.8 Å². The van der Waals surface area contributed by atoms with Gasteiger partial charge in [-0.15, -0.1) is 0 Å². The van der Waals surface area contributed by atoms with E-state index in [2.05, 4.69) is 79.0 Å². The Morgan fingerprint density at radius 3 is 2.00 bits per heavy atom. The molecule has 0 unspecified atom stereocenters. The van der Waals surface area contributed by atoms with Gasteiger partial charge in [0, 0.05) is 6.54 Å². The number of nitrogens with one attached hydrogen (secondary N) is 1. The van der Waals surface area contributed by atoms with Crippen LogP contribution in [0.2, 0.25) is 0 Å². The highest BCUT2D eigenvalue weighted by atomic mass is 14.8. The van der Waals surface area contributed by atoms with E-state index in [-0.39, 0.29) is 0 Å². The molecule has 3 aromatic rings. The van der Waals surface area contributed by atoms with E-state index < -0.39 is 0 Å². The molecule has 1 heteroatoms. The summed E-state index contributed by atoms with van der Waals surface area (Å²) in [4.78, 5) is 0. The first kappa shape index (κ1) is 19.6. The van der Waals surface area contributed by atoms with Gasteiger partial charge < -0.3 is 5.32 Å². The highest BCUT2D eigenvalue weighted by Gasteiger charge is 2.05. The number of hydrogen-bond donors (Lipinski definition) is 1. The Labute approximate surface area is 164 Å². The van der Waals surface area contributed by atoms with Crippen molar-refractivity contribution in [3.8, 4) is 0 Å². The summed E-state index contributed by atoms with van der Waals surface area (Å²) in [6.45, 7) is 5.80. The third-order valence-electron chi connectivity index (χ3n) is 5.28. The van der Waals surface area contributed by atoms with Crippen LogP contribution in [0.1, 0.15) is 48.8 Å². The molecule has 0 aromatic heterocycles. The zero-order valence-corrected chi connectivity index (χ0v) is 16.4. The molecule has 0 spiro atoms. The Kier molecular flexibility index (Phi) is 7.92. The minimum absolute atomic E-state index is 0.926. The van der Waals surface area contributed by atoms with Gasteiger partial charge in [0.2, 0.25) is 0 Å². The number of fused-ring (bicyclic) bond motifs is 1. The molecule has 1 N–H and O–H groups in total. The van der Waals surface area contributed by atoms with E-state index in [4.69, 9.17) is 0 Å². The average Bonchev–Trinajstić information content (AvgIpc) is 2.72. The van der Waals surface area contributed by atoms with E-state index in [9.17, 15) is 0 Å². The predicted octanol–water partition coefficient (Wildman–Crippen LogP) is 6.50. The van der Waals surface area contributed by atoms with Crippen LogP contribution in [0.3, 0.4) is 0 Å². The van der Waals surface area contributed by atoms with Gasteiger partial charge in [0.15, 0.2) is 0 Å². The summed E-state index contributed by atoms with van der Waals surface area (Å²) in [7, 11) is 0. The molecule has 0 fully saturated rings. The molecule has 3 rings (SSSR count). The Morgan fingerprint density at radius 2 is 1.26 bits per heavy atom. The first-order valence-electron chi connectivity index (χ1n) is 10.4. The summed E-state index contributed by atoms with van der Waals surface area (Å²) in [5, 5.41) is 6.31. The lowest BCUT2D eigenvalue weighted by Crippen LogP contribution is -2.14. The van der Waals surface area contributed by atoms with Crippen LogP contribution in [0.4, 0.5) is 0 Å². The van der Waals surface area contributed by atoms with Crippen LogP contribution in [0.25, 0.3) is 10.8 Å². The molecular formula is C26H32N. The Morgan fingerprint density at radius 1 is 0.630 bits per heavy atom. The molecular weight excluding hydrogens is 326 g/mol. The van der Waals surface area contributed by atoms with Crippen LogP contribution in [0.5, 0.6) is 0 Å². The number of rotatable bonds is 11. The van der Waals surface area contributed by atoms with Gasteiger partial charge in [0.05, 0.1) is 0 Å². The van der Waals surface area contributed by atoms with Gasteiger partial charge in [-0.25, -0.2) is 0 Å². The van der Waals surface area contributed by atoms with Gasteiger partial charge in [-0.05, 0) is 66.1 Å². The van der Waals surface area contributed by atoms with Crippen LogP contribution in [-0.4, -0.2) is 6.54 Å². The summed E-state index contributed by atoms with van der Waals surface area (Å²) in [6, 6.07) is 24.4. The van der Waals surface area contributed by atoms with Crippen molar-refractivity contribution in [2.45, 2.75) is 51.5 Å². The monoisotopic (exact) mass is 358 g/mol. The molecule has 0 saturated heterocycles. The smallest absolute Gasteiger partial charge is 0.0211 e. The molecule has 141 valence electrons. The van der Waals surface area contributed by atoms with Gasteiger partial charge >= 0.3 is 0 Å². The molecule has 0 heterocycles. The molecule has 0 saturated carbocycles. The zero-order chi connectivity index (χ0) is 18.7. The first-order chi connectivity index (χ1) is 13.4. The van der Waals surface area contributed by atoms with Crippen LogP contribution in [0.15, 0.2) is 66.7 Å². The normalized spacial score (nSPS) is 11.1. The van der Waals surface area contributed by atoms with E-state index >= 15 is 0 Å². The van der Waals surface area contributed by atoms with Crippen LogP contribution in [0, 0.1) is 6.92 Å². The second-order valence-electron chi connectivity index (χ2n) is 7.36. The Hall–Kier alpha value is -2.12. The van der Waals surface area contributed by atoms with Crippen molar-refractivity contribution in [3.05, 3.63) is 90.3 Å². The SMILES string of the molecule is [CH2]CCNCc1ccc(CCCCCCc2ccccc2)c2ccccc12. The molecule has 27 heavy (non-hydrogen) atoms. The second-order valence-corrected chi connectivity index (χ2v) is 7.36. The molecule has 0 amide bonds. The quantitative estimate of drug-likeness (QED) is 0.386. The van der Waals surface area contributed by atoms with Gasteiger partial charge in [-0.2, -0.15) is 0 Å². The van der Waals surface area contributed by atoms with Crippen LogP contribution < -0.4 is 5.32 Å². The van der Waals surface area contributed by atoms with Gasteiger partial charge in [0.1, 0.15) is 0 Å². The van der Waals surface area contributed by atoms with Gasteiger partial charge in [-0.3, -0.25) is 0 Å². The summed E-state index contributed by atoms with van der Waals surface area (Å²) < 4.78 is 0. The van der Waals surface area contributed by atoms with Crippen molar-refractivity contribution < 1.29 is 0 Å². The van der Waals surface area contributed by atoms with E-state index in [1.165, 1.54) is 66.0 Å². The lowest BCUT2D eigenvalue weighted by Gasteiger charge is -2.12. The maximum atomic E-state index is 3.90. The summed E-state index contributed by atoms with van der Waals surface area (Å²) in [5.41, 5.74) is 4.35. The molecule has 3 aromatic carbocycles. The van der Waals surface area contributed by atoms with Crippen LogP contribution >= 0.6 is 0 Å². The van der Waals surface area contributed by atoms with Crippen molar-refractivity contribution in [2.24, 2.45) is 0 Å². The molecule has 0 bridgehead atoms. The number of aryl methyl sites for hydroxylation is 2. The Balaban J connectivity index is 1.50. The van der Waals surface area contributed by atoms with Crippen molar-refractivity contribution in [2.75, 3.05) is 6.54 Å². The van der Waals surface area contributed by atoms with E-state index in [0.717, 1.165) is 19.5 Å². The number of benzene rings is 3. The molecule has 0 aliphatic carbocycles. The minimum atomic E-state index is 0.926. The molecule has 1 nitrogen and oxygen atoms in total. The minimum Gasteiger partial charge on any atom is -0.313 e. The third kappa shape index (κ3) is 5.94. The standard InChI is InChI=1S/C26H32N/c1-2-20-27-21-24-19-18-23(25-16-10-11-17-26(24)25)15-9-4-3-6-12-22-13-7-5-8-14-22/h5,7-8,10-11,13-14,16-19,27H,1-4,6,9,12,15,20-21H2. The van der Waals surface area contributed by atoms with Crippen molar-refractivity contribution in [1.29, 1.82) is 0 Å². The van der Waals surface area contributed by atoms with E-state index in [1.807, 2.05) is 0 Å². The summed E-state index contributed by atoms with van der Waals surface area (Å²) in [6.07, 6.45) is 8.52. The van der Waals surface area contributed by atoms with Crippen LogP contribution in [-0.2, 0) is 19.4 Å². The summed E-state index contributed by atoms with van der Waals surface area (Å²) in [5.74, 6) is 0. The van der Waals surface area contributed by atoms with Crippen molar-refractivity contribution in [3.63, 3.8) is 0 Å². The third-order valence-corrected chi connectivity index (χ3v) is 5.28.